The second kappa shape index (κ2) is 4.73. The number of hydrogen-bond donors (Lipinski definition) is 0. The summed E-state index contributed by atoms with van der Waals surface area (Å²) >= 11 is 0. The van der Waals surface area contributed by atoms with Crippen LogP contribution in [0.15, 0.2) is 12.1 Å². The summed E-state index contributed by atoms with van der Waals surface area (Å²) in [6, 6.07) is 3.60. The van der Waals surface area contributed by atoms with Gasteiger partial charge in [-0.05, 0) is 31.4 Å². The summed E-state index contributed by atoms with van der Waals surface area (Å²) in [4.78, 5) is 17.7. The number of aryl methyl sites for hydroxylation is 1. The van der Waals surface area contributed by atoms with Crippen LogP contribution in [0.3, 0.4) is 0 Å². The topological polar surface area (TPSA) is 42.4 Å². The SMILES string of the molecule is CCc1nc(C(=O)N(C)C)ccc1OC1CC1. The maximum atomic E-state index is 11.8. The van der Waals surface area contributed by atoms with E-state index in [0.717, 1.165) is 30.7 Å². The first kappa shape index (κ1) is 11.9. The third-order valence-corrected chi connectivity index (χ3v) is 2.71. The molecule has 0 atom stereocenters. The average molecular weight is 234 g/mol. The Hall–Kier alpha value is -1.58. The molecule has 0 aliphatic heterocycles. The fourth-order valence-electron chi connectivity index (χ4n) is 1.56. The minimum Gasteiger partial charge on any atom is -0.489 e. The van der Waals surface area contributed by atoms with E-state index in [1.54, 1.807) is 20.2 Å². The van der Waals surface area contributed by atoms with Crippen LogP contribution in [0.1, 0.15) is 35.9 Å². The average Bonchev–Trinajstić information content (AvgIpc) is 3.12. The highest BCUT2D eigenvalue weighted by Crippen LogP contribution is 2.28. The Bertz CT molecular complexity index is 425. The van der Waals surface area contributed by atoms with Crippen LogP contribution in [0, 0.1) is 0 Å². The Morgan fingerprint density at radius 3 is 2.71 bits per heavy atom. The van der Waals surface area contributed by atoms with Gasteiger partial charge in [0.05, 0.1) is 11.8 Å². The van der Waals surface area contributed by atoms with Crippen LogP contribution in [0.2, 0.25) is 0 Å². The molecule has 0 unspecified atom stereocenters. The molecule has 0 saturated heterocycles. The number of rotatable bonds is 4. The van der Waals surface area contributed by atoms with Gasteiger partial charge in [0, 0.05) is 14.1 Å². The molecule has 17 heavy (non-hydrogen) atoms. The number of carbonyl (C=O) groups excluding carboxylic acids is 1. The second-order valence-corrected chi connectivity index (χ2v) is 4.51. The molecule has 1 aromatic rings. The highest BCUT2D eigenvalue weighted by Gasteiger charge is 2.25. The normalized spacial score (nSPS) is 14.5. The van der Waals surface area contributed by atoms with E-state index in [4.69, 9.17) is 4.74 Å². The summed E-state index contributed by atoms with van der Waals surface area (Å²) in [6.45, 7) is 2.02. The van der Waals surface area contributed by atoms with Crippen molar-refractivity contribution in [2.75, 3.05) is 14.1 Å². The van der Waals surface area contributed by atoms with Gasteiger partial charge < -0.3 is 9.64 Å². The van der Waals surface area contributed by atoms with Gasteiger partial charge in [0.15, 0.2) is 0 Å². The van der Waals surface area contributed by atoms with Gasteiger partial charge >= 0.3 is 0 Å². The quantitative estimate of drug-likeness (QED) is 0.799. The number of carbonyl (C=O) groups is 1. The van der Waals surface area contributed by atoms with E-state index in [1.807, 2.05) is 13.0 Å². The number of nitrogens with zero attached hydrogens (tertiary/aromatic N) is 2. The Balaban J connectivity index is 2.23. The van der Waals surface area contributed by atoms with Crippen molar-refractivity contribution in [1.82, 2.24) is 9.88 Å². The molecular weight excluding hydrogens is 216 g/mol. The van der Waals surface area contributed by atoms with Gasteiger partial charge in [-0.2, -0.15) is 0 Å². The van der Waals surface area contributed by atoms with Crippen LogP contribution in [0.5, 0.6) is 5.75 Å². The van der Waals surface area contributed by atoms with Crippen molar-refractivity contribution in [3.63, 3.8) is 0 Å². The van der Waals surface area contributed by atoms with E-state index in [-0.39, 0.29) is 5.91 Å². The summed E-state index contributed by atoms with van der Waals surface area (Å²) in [5.41, 5.74) is 1.35. The highest BCUT2D eigenvalue weighted by atomic mass is 16.5. The second-order valence-electron chi connectivity index (χ2n) is 4.51. The minimum atomic E-state index is -0.0716. The van der Waals surface area contributed by atoms with E-state index in [1.165, 1.54) is 4.90 Å². The lowest BCUT2D eigenvalue weighted by Gasteiger charge is -2.13. The number of amides is 1. The Morgan fingerprint density at radius 2 is 2.18 bits per heavy atom. The van der Waals surface area contributed by atoms with Crippen LogP contribution >= 0.6 is 0 Å². The molecule has 1 aromatic heterocycles. The Morgan fingerprint density at radius 1 is 1.47 bits per heavy atom. The van der Waals surface area contributed by atoms with Crippen LogP contribution in [-0.4, -0.2) is 36.0 Å². The van der Waals surface area contributed by atoms with Crippen molar-refractivity contribution in [1.29, 1.82) is 0 Å². The van der Waals surface area contributed by atoms with Gasteiger partial charge in [-0.3, -0.25) is 4.79 Å². The molecular formula is C13H18N2O2. The van der Waals surface area contributed by atoms with Crippen molar-refractivity contribution in [2.45, 2.75) is 32.3 Å². The number of pyridine rings is 1. The van der Waals surface area contributed by atoms with E-state index < -0.39 is 0 Å². The van der Waals surface area contributed by atoms with Gasteiger partial charge in [-0.1, -0.05) is 6.92 Å². The standard InChI is InChI=1S/C13H18N2O2/c1-4-10-12(17-9-5-6-9)8-7-11(14-10)13(16)15(2)3/h7-9H,4-6H2,1-3H3. The Kier molecular flexibility index (Phi) is 3.31. The van der Waals surface area contributed by atoms with Crippen molar-refractivity contribution in [3.8, 4) is 5.75 Å². The minimum absolute atomic E-state index is 0.0716. The third-order valence-electron chi connectivity index (χ3n) is 2.71. The first-order chi connectivity index (χ1) is 8.11. The van der Waals surface area contributed by atoms with Gasteiger partial charge in [0.2, 0.25) is 0 Å². The zero-order valence-electron chi connectivity index (χ0n) is 10.6. The Labute approximate surface area is 102 Å². The van der Waals surface area contributed by atoms with Crippen LogP contribution in [-0.2, 0) is 6.42 Å². The van der Waals surface area contributed by atoms with E-state index in [2.05, 4.69) is 4.98 Å². The van der Waals surface area contributed by atoms with Crippen molar-refractivity contribution in [3.05, 3.63) is 23.5 Å². The molecule has 4 nitrogen and oxygen atoms in total. The molecule has 0 radical (unpaired) electrons. The molecule has 1 saturated carbocycles. The predicted octanol–water partition coefficient (Wildman–Crippen LogP) is 1.89. The van der Waals surface area contributed by atoms with Gasteiger partial charge in [0.1, 0.15) is 11.4 Å². The molecule has 0 aromatic carbocycles. The number of hydrogen-bond acceptors (Lipinski definition) is 3. The maximum Gasteiger partial charge on any atom is 0.271 e. The van der Waals surface area contributed by atoms with E-state index in [9.17, 15) is 4.79 Å². The smallest absolute Gasteiger partial charge is 0.271 e. The first-order valence-corrected chi connectivity index (χ1v) is 6.00. The fourth-order valence-corrected chi connectivity index (χ4v) is 1.56. The molecule has 92 valence electrons. The highest BCUT2D eigenvalue weighted by molar-refractivity contribution is 5.92. The molecule has 0 bridgehead atoms. The fraction of sp³-hybridized carbons (Fsp3) is 0.538. The predicted molar refractivity (Wildman–Crippen MR) is 65.3 cm³/mol. The molecule has 1 aliphatic rings. The van der Waals surface area contributed by atoms with Crippen LogP contribution in [0.25, 0.3) is 0 Å². The molecule has 1 aliphatic carbocycles. The number of aromatic nitrogens is 1. The monoisotopic (exact) mass is 234 g/mol. The van der Waals surface area contributed by atoms with Crippen molar-refractivity contribution < 1.29 is 9.53 Å². The summed E-state index contributed by atoms with van der Waals surface area (Å²) in [5, 5.41) is 0. The lowest BCUT2D eigenvalue weighted by molar-refractivity contribution is 0.0821. The maximum absolute atomic E-state index is 11.8. The van der Waals surface area contributed by atoms with E-state index >= 15 is 0 Å². The van der Waals surface area contributed by atoms with Crippen molar-refractivity contribution >= 4 is 5.91 Å². The van der Waals surface area contributed by atoms with Gasteiger partial charge in [0.25, 0.3) is 5.91 Å². The third kappa shape index (κ3) is 2.75. The molecule has 1 amide bonds. The zero-order chi connectivity index (χ0) is 12.4. The molecule has 4 heteroatoms. The van der Waals surface area contributed by atoms with Gasteiger partial charge in [-0.25, -0.2) is 4.98 Å². The molecule has 1 fully saturated rings. The lowest BCUT2D eigenvalue weighted by atomic mass is 10.2. The zero-order valence-corrected chi connectivity index (χ0v) is 10.6. The summed E-state index contributed by atoms with van der Waals surface area (Å²) in [5.74, 6) is 0.753. The molecule has 1 heterocycles. The molecule has 0 spiro atoms. The van der Waals surface area contributed by atoms with Crippen molar-refractivity contribution in [2.24, 2.45) is 0 Å². The lowest BCUT2D eigenvalue weighted by Crippen LogP contribution is -2.23. The first-order valence-electron chi connectivity index (χ1n) is 6.00. The van der Waals surface area contributed by atoms with Gasteiger partial charge in [-0.15, -0.1) is 0 Å². The largest absolute Gasteiger partial charge is 0.489 e. The van der Waals surface area contributed by atoms with E-state index in [0.29, 0.717) is 11.8 Å². The molecule has 0 N–H and O–H groups in total. The molecule has 2 rings (SSSR count). The number of ether oxygens (including phenoxy) is 1. The summed E-state index contributed by atoms with van der Waals surface area (Å²) in [7, 11) is 3.45. The van der Waals surface area contributed by atoms with Crippen LogP contribution < -0.4 is 4.74 Å². The van der Waals surface area contributed by atoms with Crippen LogP contribution in [0.4, 0.5) is 0 Å². The summed E-state index contributed by atoms with van der Waals surface area (Å²) in [6.07, 6.45) is 3.39. The summed E-state index contributed by atoms with van der Waals surface area (Å²) < 4.78 is 5.76.